The lowest BCUT2D eigenvalue weighted by Crippen LogP contribution is -2.58. The fraction of sp³-hybridized carbons (Fsp3) is 0.317. The number of nitrogens with one attached hydrogen (secondary N) is 6. The molecule has 0 radical (unpaired) electrons. The number of carboxylic acid groups (broad SMARTS) is 1. The molecule has 0 saturated heterocycles. The fourth-order valence-corrected chi connectivity index (χ4v) is 6.89. The van der Waals surface area contributed by atoms with Crippen molar-refractivity contribution >= 4 is 58.4 Å². The molecule has 4 atom stereocenters. The van der Waals surface area contributed by atoms with Crippen LogP contribution in [0.25, 0.3) is 0 Å². The van der Waals surface area contributed by atoms with E-state index in [1.807, 2.05) is 11.4 Å². The van der Waals surface area contributed by atoms with Crippen LogP contribution in [0.4, 0.5) is 5.69 Å². The lowest BCUT2D eigenvalue weighted by molar-refractivity contribution is -0.142. The summed E-state index contributed by atoms with van der Waals surface area (Å²) in [4.78, 5) is 97.6. The molecule has 6 rings (SSSR count). The lowest BCUT2D eigenvalue weighted by Gasteiger charge is -2.26. The maximum Gasteiger partial charge on any atom is 0.326 e. The van der Waals surface area contributed by atoms with Gasteiger partial charge in [0.05, 0.1) is 5.56 Å². The molecule has 2 aromatic carbocycles. The topological polar surface area (TPSA) is 225 Å². The highest BCUT2D eigenvalue weighted by molar-refractivity contribution is 7.09. The summed E-state index contributed by atoms with van der Waals surface area (Å²) in [5, 5.41) is 28.3. The first-order valence-corrected chi connectivity index (χ1v) is 19.5. The molecule has 7 N–H and O–H groups in total. The largest absolute Gasteiger partial charge is 0.480 e. The number of rotatable bonds is 11. The van der Waals surface area contributed by atoms with Crippen LogP contribution in [0.15, 0.2) is 96.6 Å². The first kappa shape index (κ1) is 41.7. The van der Waals surface area contributed by atoms with Crippen LogP contribution in [0.2, 0.25) is 0 Å². The molecule has 15 nitrogen and oxygen atoms in total. The van der Waals surface area contributed by atoms with E-state index in [0.29, 0.717) is 35.2 Å². The number of nitrogens with zero attached hydrogens (tertiary/aromatic N) is 1. The van der Waals surface area contributed by atoms with Crippen molar-refractivity contribution in [3.63, 3.8) is 0 Å². The molecule has 2 aliphatic rings. The predicted molar refractivity (Wildman–Crippen MR) is 212 cm³/mol. The maximum absolute atomic E-state index is 14.2. The Morgan fingerprint density at radius 1 is 0.737 bits per heavy atom. The van der Waals surface area contributed by atoms with Crippen molar-refractivity contribution in [1.82, 2.24) is 31.6 Å². The van der Waals surface area contributed by atoms with Crippen molar-refractivity contribution in [2.45, 2.75) is 75.5 Å². The van der Waals surface area contributed by atoms with Gasteiger partial charge in [-0.05, 0) is 66.1 Å². The minimum Gasteiger partial charge on any atom is -0.480 e. The van der Waals surface area contributed by atoms with Gasteiger partial charge in [0.1, 0.15) is 24.2 Å². The van der Waals surface area contributed by atoms with Crippen LogP contribution >= 0.6 is 11.3 Å². The average molecular weight is 796 g/mol. The minimum atomic E-state index is -1.37. The first-order chi connectivity index (χ1) is 27.5. The highest BCUT2D eigenvalue weighted by Crippen LogP contribution is 2.15. The third-order valence-corrected chi connectivity index (χ3v) is 10.1. The number of aliphatic carboxylic acids is 1. The zero-order valence-electron chi connectivity index (χ0n) is 31.1. The number of thiophene rings is 1. The molecular weight excluding hydrogens is 751 g/mol. The summed E-state index contributed by atoms with van der Waals surface area (Å²) in [7, 11) is 0. The Morgan fingerprint density at radius 2 is 1.44 bits per heavy atom. The Hall–Kier alpha value is -6.42. The molecule has 16 heteroatoms. The van der Waals surface area contributed by atoms with Gasteiger partial charge in [-0.3, -0.25) is 33.8 Å². The van der Waals surface area contributed by atoms with E-state index in [2.05, 4.69) is 36.9 Å². The van der Waals surface area contributed by atoms with Crippen LogP contribution < -0.4 is 31.9 Å². The Kier molecular flexibility index (Phi) is 15.4. The van der Waals surface area contributed by atoms with Gasteiger partial charge in [0.15, 0.2) is 0 Å². The van der Waals surface area contributed by atoms with Gasteiger partial charge in [0.2, 0.25) is 29.5 Å². The predicted octanol–water partition coefficient (Wildman–Crippen LogP) is 2.53. The molecule has 2 bridgehead atoms. The van der Waals surface area contributed by atoms with Gasteiger partial charge in [0, 0.05) is 61.6 Å². The standard InChI is InChI=1S/C41H45N7O8S/c49-35-17-18-36(50)45-33(24-30-11-7-21-57-30)40(54)46-31(12-4-5-20-43-37(51)28-10-6-19-42-25-28)38(52)47-32(22-26-8-2-1-3-9-26)39(53)48-34(41(55)56)23-27-13-15-29(44-35)16-14-27/h1-3,6-11,13-16,19,21,25,31-34H,4-5,12,17-18,20,22-24H2,(H,43,51)(H,44,49)(H,45,50)(H,46,54)(H,47,52)(H,48,53)(H,55,56). The monoisotopic (exact) mass is 795 g/mol. The summed E-state index contributed by atoms with van der Waals surface area (Å²) in [6.07, 6.45) is 3.50. The summed E-state index contributed by atoms with van der Waals surface area (Å²) < 4.78 is 0. The van der Waals surface area contributed by atoms with Gasteiger partial charge >= 0.3 is 5.97 Å². The number of carbonyl (C=O) groups excluding carboxylic acids is 6. The number of benzene rings is 2. The summed E-state index contributed by atoms with van der Waals surface area (Å²) in [6, 6.07) is 17.3. The van der Waals surface area contributed by atoms with E-state index in [9.17, 15) is 38.7 Å². The van der Waals surface area contributed by atoms with E-state index in [0.717, 1.165) is 4.88 Å². The summed E-state index contributed by atoms with van der Waals surface area (Å²) >= 11 is 1.38. The lowest BCUT2D eigenvalue weighted by atomic mass is 10.0. The molecule has 0 saturated carbocycles. The van der Waals surface area contributed by atoms with Crippen molar-refractivity contribution in [3.05, 3.63) is 118 Å². The summed E-state index contributed by atoms with van der Waals surface area (Å²) in [6.45, 7) is 0.263. The van der Waals surface area contributed by atoms with Gasteiger partial charge in [-0.2, -0.15) is 0 Å². The number of unbranched alkanes of at least 4 members (excludes halogenated alkanes) is 1. The number of fused-ring (bicyclic) bond motifs is 18. The van der Waals surface area contributed by atoms with Crippen molar-refractivity contribution in [1.29, 1.82) is 0 Å². The van der Waals surface area contributed by atoms with E-state index in [-0.39, 0.29) is 51.0 Å². The molecular formula is C41H45N7O8S. The van der Waals surface area contributed by atoms with Crippen molar-refractivity contribution in [2.24, 2.45) is 0 Å². The Bertz CT molecular complexity index is 2000. The second-order valence-corrected chi connectivity index (χ2v) is 14.6. The molecule has 0 fully saturated rings. The number of carboxylic acids is 1. The normalized spacial score (nSPS) is 19.8. The maximum atomic E-state index is 14.2. The molecule has 57 heavy (non-hydrogen) atoms. The number of carbonyl (C=O) groups is 7. The Morgan fingerprint density at radius 3 is 2.14 bits per heavy atom. The van der Waals surface area contributed by atoms with E-state index >= 15 is 0 Å². The third-order valence-electron chi connectivity index (χ3n) is 9.19. The fourth-order valence-electron chi connectivity index (χ4n) is 6.14. The number of anilines is 1. The number of hydrogen-bond acceptors (Lipinski definition) is 9. The number of aromatic nitrogens is 1. The zero-order chi connectivity index (χ0) is 40.6. The van der Waals surface area contributed by atoms with E-state index in [4.69, 9.17) is 0 Å². The van der Waals surface area contributed by atoms with Gasteiger partial charge in [-0.25, -0.2) is 4.79 Å². The number of hydrogen-bond donors (Lipinski definition) is 7. The molecule has 2 aliphatic heterocycles. The SMILES string of the molecule is O=C1CCC(=O)NC(Cc2cccs2)C(=O)NC(CCCCNC(=O)c2cccnc2)C(=O)NC(Cc2ccccc2)C(=O)NC(C(=O)O)Cc2ccc(cc2)N1. The van der Waals surface area contributed by atoms with Crippen LogP contribution in [0.1, 0.15) is 58.5 Å². The van der Waals surface area contributed by atoms with Crippen LogP contribution in [0.3, 0.4) is 0 Å². The molecule has 4 unspecified atom stereocenters. The Balaban J connectivity index is 1.41. The molecule has 0 spiro atoms. The molecule has 6 amide bonds. The van der Waals surface area contributed by atoms with Crippen molar-refractivity contribution in [2.75, 3.05) is 11.9 Å². The number of amides is 6. The first-order valence-electron chi connectivity index (χ1n) is 18.6. The average Bonchev–Trinajstić information content (AvgIpc) is 3.73. The van der Waals surface area contributed by atoms with Crippen molar-refractivity contribution in [3.8, 4) is 0 Å². The number of pyridine rings is 1. The molecule has 2 aromatic heterocycles. The smallest absolute Gasteiger partial charge is 0.326 e. The molecule has 298 valence electrons. The van der Waals surface area contributed by atoms with Gasteiger partial charge < -0.3 is 37.0 Å². The van der Waals surface area contributed by atoms with Crippen LogP contribution in [0, 0.1) is 0 Å². The van der Waals surface area contributed by atoms with E-state index < -0.39 is 59.7 Å². The molecule has 0 aliphatic carbocycles. The zero-order valence-corrected chi connectivity index (χ0v) is 31.9. The van der Waals surface area contributed by atoms with E-state index in [1.165, 1.54) is 17.5 Å². The van der Waals surface area contributed by atoms with Crippen LogP contribution in [0.5, 0.6) is 0 Å². The highest BCUT2D eigenvalue weighted by atomic mass is 32.1. The second-order valence-electron chi connectivity index (χ2n) is 13.6. The quantitative estimate of drug-likeness (QED) is 0.0874. The highest BCUT2D eigenvalue weighted by Gasteiger charge is 2.32. The van der Waals surface area contributed by atoms with Crippen LogP contribution in [-0.2, 0) is 48.0 Å². The van der Waals surface area contributed by atoms with Gasteiger partial charge in [-0.1, -0.05) is 48.5 Å². The molecule has 4 aromatic rings. The van der Waals surface area contributed by atoms with Crippen LogP contribution in [-0.4, -0.2) is 82.2 Å². The minimum absolute atomic E-state index is 0.0112. The van der Waals surface area contributed by atoms with Gasteiger partial charge in [0.25, 0.3) is 5.91 Å². The van der Waals surface area contributed by atoms with E-state index in [1.54, 1.807) is 79.0 Å². The third kappa shape index (κ3) is 13.4. The van der Waals surface area contributed by atoms with Gasteiger partial charge in [-0.15, -0.1) is 11.3 Å². The second kappa shape index (κ2) is 21.0. The van der Waals surface area contributed by atoms with Crippen molar-refractivity contribution < 1.29 is 38.7 Å². The summed E-state index contributed by atoms with van der Waals surface area (Å²) in [5.41, 5.74) is 2.07. The Labute approximate surface area is 333 Å². The molecule has 4 heterocycles. The summed E-state index contributed by atoms with van der Waals surface area (Å²) in [5.74, 6) is -4.72.